The topological polar surface area (TPSA) is 308 Å². The number of azo groups is 3. The molecule has 4 N–H and O–H groups in total. The molecule has 63 heavy (non-hydrogen) atoms. The predicted octanol–water partition coefficient (Wildman–Crippen LogP) is -0.0952. The van der Waals surface area contributed by atoms with Crippen molar-refractivity contribution in [2.24, 2.45) is 30.7 Å². The molecule has 0 amide bonds. The molecule has 0 fully saturated rings. The fourth-order valence-corrected chi connectivity index (χ4v) is 8.23. The van der Waals surface area contributed by atoms with Gasteiger partial charge in [0.2, 0.25) is 0 Å². The Morgan fingerprint density at radius 2 is 1.10 bits per heavy atom. The summed E-state index contributed by atoms with van der Waals surface area (Å²) in [6.45, 7) is 1.83. The second-order valence-electron chi connectivity index (χ2n) is 13.3. The maximum absolute atomic E-state index is 13.9. The van der Waals surface area contributed by atoms with Crippen molar-refractivity contribution in [1.29, 1.82) is 0 Å². The van der Waals surface area contributed by atoms with E-state index in [1.165, 1.54) is 54.6 Å². The molecule has 1 aromatic heterocycles. The molecule has 0 saturated carbocycles. The maximum atomic E-state index is 13.9. The van der Waals surface area contributed by atoms with Crippen LogP contribution in [0.1, 0.15) is 5.69 Å². The molecule has 0 radical (unpaired) electrons. The summed E-state index contributed by atoms with van der Waals surface area (Å²) in [5.41, 5.74) is 7.97. The van der Waals surface area contributed by atoms with Crippen LogP contribution in [0.25, 0.3) is 43.2 Å². The molecule has 0 unspecified atom stereocenters. The van der Waals surface area contributed by atoms with Crippen LogP contribution in [-0.4, -0.2) is 43.9 Å². The van der Waals surface area contributed by atoms with Crippen LogP contribution in [0.2, 0.25) is 0 Å². The SMILES string of the molecule is Cc1[nH]c2ccccc2c1N=Nc1ccc2cc(S(=O)(=O)O)c(N=Nc3ccc(N=Nc4ccc(N)c5ccc(S(=O)(=O)[O-])cc45)c4cc(S(=O)(=O)[O-])ccc34)c([O-])c2c1.[Na+].[Na+].[Na+]. The minimum Gasteiger partial charge on any atom is -0.871 e. The largest absolute Gasteiger partial charge is 1.00 e. The molecular weight excluding hydrogens is 906 g/mol. The van der Waals surface area contributed by atoms with Crippen molar-refractivity contribution >= 4 is 113 Å². The summed E-state index contributed by atoms with van der Waals surface area (Å²) in [5.74, 6) is -0.928. The number of fused-ring (bicyclic) bond motifs is 4. The Hall–Kier alpha value is -4.01. The van der Waals surface area contributed by atoms with Gasteiger partial charge in [-0.15, -0.1) is 25.6 Å². The molecule has 0 saturated heterocycles. The molecule has 24 heteroatoms. The Kier molecular flexibility index (Phi) is 15.3. The summed E-state index contributed by atoms with van der Waals surface area (Å²) in [7, 11) is -14.9. The van der Waals surface area contributed by atoms with Gasteiger partial charge in [-0.05, 0) is 90.5 Å². The smallest absolute Gasteiger partial charge is 0.871 e. The van der Waals surface area contributed by atoms with E-state index in [-0.39, 0.29) is 144 Å². The van der Waals surface area contributed by atoms with Crippen LogP contribution in [0.3, 0.4) is 0 Å². The summed E-state index contributed by atoms with van der Waals surface area (Å²) in [6, 6.07) is 25.1. The molecule has 1 heterocycles. The molecule has 0 bridgehead atoms. The number of rotatable bonds is 9. The fraction of sp³-hybridized carbons (Fsp3) is 0.0256. The number of nitrogen functional groups attached to an aromatic ring is 1. The summed E-state index contributed by atoms with van der Waals surface area (Å²) in [4.78, 5) is 1.18. The first kappa shape index (κ1) is 50.0. The number of nitrogens with two attached hydrogens (primary N) is 1. The number of hydrogen-bond donors (Lipinski definition) is 3. The number of aromatic nitrogens is 1. The van der Waals surface area contributed by atoms with E-state index in [4.69, 9.17) is 5.73 Å². The van der Waals surface area contributed by atoms with Gasteiger partial charge in [0.1, 0.15) is 30.8 Å². The van der Waals surface area contributed by atoms with E-state index in [2.05, 4.69) is 35.7 Å². The monoisotopic (exact) mass is 930 g/mol. The number of anilines is 1. The van der Waals surface area contributed by atoms with Crippen molar-refractivity contribution in [1.82, 2.24) is 4.98 Å². The zero-order valence-corrected chi connectivity index (χ0v) is 41.9. The van der Waals surface area contributed by atoms with E-state index in [1.54, 1.807) is 0 Å². The van der Waals surface area contributed by atoms with Gasteiger partial charge in [0.15, 0.2) is 0 Å². The minimum absolute atomic E-state index is 0. The molecule has 302 valence electrons. The Morgan fingerprint density at radius 3 is 1.71 bits per heavy atom. The molecular formula is C39H25N8Na3O10S3. The fourth-order valence-electron chi connectivity index (χ4n) is 6.58. The number of para-hydroxylation sites is 1. The Bertz CT molecular complexity index is 3590. The standard InChI is InChI=1S/C39H28N8O10S3.3Na/c1-20-37(27-4-2-3-5-32(27)41-20)46-42-22-7-6-21-16-36(60(55,56)57)38(39(48)28(21)17-22)47-45-33-14-15-35(30-19-24(59(52,53)54)9-11-26(30)33)44-43-34-13-12-31(40)25-10-8-23(18-29(25)34)58(49,50)51;;;/h2-19,41,48H,40H2,1H3,(H,49,50,51)(H,52,53,54)(H,55,56,57);;;/q;3*+1/p-3. The third-order valence-electron chi connectivity index (χ3n) is 9.46. The van der Waals surface area contributed by atoms with E-state index in [1.807, 2.05) is 31.2 Å². The predicted molar refractivity (Wildman–Crippen MR) is 217 cm³/mol. The van der Waals surface area contributed by atoms with Crippen LogP contribution in [0.5, 0.6) is 5.75 Å². The van der Waals surface area contributed by atoms with Crippen molar-refractivity contribution in [3.63, 3.8) is 0 Å². The number of nitrogens with one attached hydrogen (secondary N) is 1. The van der Waals surface area contributed by atoms with E-state index < -0.39 is 56.5 Å². The second kappa shape index (κ2) is 19.2. The van der Waals surface area contributed by atoms with Gasteiger partial charge in [-0.2, -0.15) is 13.5 Å². The number of nitrogens with zero attached hydrogens (tertiary/aromatic N) is 6. The normalized spacial score (nSPS) is 12.4. The molecule has 0 aliphatic carbocycles. The average Bonchev–Trinajstić information content (AvgIpc) is 3.52. The van der Waals surface area contributed by atoms with Crippen molar-refractivity contribution in [2.45, 2.75) is 21.6 Å². The van der Waals surface area contributed by atoms with Gasteiger partial charge in [0.25, 0.3) is 10.1 Å². The number of hydrogen-bond acceptors (Lipinski definition) is 16. The quantitative estimate of drug-likeness (QED) is 0.0743. The van der Waals surface area contributed by atoms with Crippen LogP contribution in [0.15, 0.2) is 155 Å². The van der Waals surface area contributed by atoms with Crippen LogP contribution >= 0.6 is 0 Å². The first-order valence-corrected chi connectivity index (χ1v) is 21.5. The molecule has 0 spiro atoms. The summed E-state index contributed by atoms with van der Waals surface area (Å²) >= 11 is 0. The van der Waals surface area contributed by atoms with E-state index in [9.17, 15) is 44.0 Å². The first-order chi connectivity index (χ1) is 28.4. The summed E-state index contributed by atoms with van der Waals surface area (Å²) in [6.07, 6.45) is 0. The van der Waals surface area contributed by atoms with E-state index in [0.717, 1.165) is 46.9 Å². The molecule has 18 nitrogen and oxygen atoms in total. The summed E-state index contributed by atoms with van der Waals surface area (Å²) < 4.78 is 107. The van der Waals surface area contributed by atoms with Crippen molar-refractivity contribution in [3.05, 3.63) is 115 Å². The summed E-state index contributed by atoms with van der Waals surface area (Å²) in [5, 5.41) is 40.7. The first-order valence-electron chi connectivity index (χ1n) is 17.3. The van der Waals surface area contributed by atoms with Gasteiger partial charge in [-0.25, -0.2) is 16.8 Å². The molecule has 0 aliphatic rings. The van der Waals surface area contributed by atoms with Gasteiger partial charge in [-0.3, -0.25) is 4.55 Å². The number of H-pyrrole nitrogens is 1. The average molecular weight is 931 g/mol. The van der Waals surface area contributed by atoms with Gasteiger partial charge in [0, 0.05) is 43.8 Å². The third-order valence-corrected chi connectivity index (χ3v) is 12.0. The molecule has 8 aromatic rings. The van der Waals surface area contributed by atoms with Gasteiger partial charge in [0.05, 0.1) is 38.2 Å². The second-order valence-corrected chi connectivity index (χ2v) is 17.4. The van der Waals surface area contributed by atoms with Gasteiger partial charge in [-0.1, -0.05) is 42.1 Å². The van der Waals surface area contributed by atoms with E-state index >= 15 is 0 Å². The van der Waals surface area contributed by atoms with Crippen LogP contribution < -0.4 is 99.5 Å². The number of aryl methyl sites for hydroxylation is 1. The van der Waals surface area contributed by atoms with Crippen LogP contribution in [0.4, 0.5) is 39.8 Å². The molecule has 0 aliphatic heterocycles. The number of benzene rings is 7. The van der Waals surface area contributed by atoms with Crippen molar-refractivity contribution in [3.8, 4) is 5.75 Å². The zero-order chi connectivity index (χ0) is 42.7. The van der Waals surface area contributed by atoms with Gasteiger partial charge < -0.3 is 24.9 Å². The Labute approximate surface area is 425 Å². The van der Waals surface area contributed by atoms with Crippen LogP contribution in [-0.2, 0) is 30.4 Å². The van der Waals surface area contributed by atoms with Crippen molar-refractivity contribution in [2.75, 3.05) is 5.73 Å². The Balaban J connectivity index is 0.00000249. The molecule has 7 aromatic carbocycles. The van der Waals surface area contributed by atoms with Crippen LogP contribution in [0, 0.1) is 6.92 Å². The third kappa shape index (κ3) is 10.3. The zero-order valence-electron chi connectivity index (χ0n) is 33.5. The molecule has 8 rings (SSSR count). The Morgan fingerprint density at radius 1 is 0.556 bits per heavy atom. The van der Waals surface area contributed by atoms with Gasteiger partial charge >= 0.3 is 88.7 Å². The molecule has 0 atom stereocenters. The van der Waals surface area contributed by atoms with E-state index in [0.29, 0.717) is 11.1 Å². The van der Waals surface area contributed by atoms with Crippen molar-refractivity contribution < 1.29 is 133 Å². The minimum atomic E-state index is -5.05. The maximum Gasteiger partial charge on any atom is 1.00 e. The number of aromatic amines is 1.